The van der Waals surface area contributed by atoms with Crippen molar-refractivity contribution in [1.29, 1.82) is 0 Å². The van der Waals surface area contributed by atoms with E-state index < -0.39 is 36.3 Å². The molecule has 0 aromatic rings. The lowest BCUT2D eigenvalue weighted by molar-refractivity contribution is -0.419. The molecule has 0 nitrogen and oxygen atoms in total. The first-order chi connectivity index (χ1) is 7.87. The highest BCUT2D eigenvalue weighted by molar-refractivity contribution is 5.00. The molecule has 116 valence electrons. The van der Waals surface area contributed by atoms with Gasteiger partial charge in [0.25, 0.3) is 0 Å². The molecule has 0 saturated heterocycles. The van der Waals surface area contributed by atoms with E-state index in [2.05, 4.69) is 0 Å². The Bertz CT molecular complexity index is 299. The summed E-state index contributed by atoms with van der Waals surface area (Å²) in [5.41, 5.74) is 0. The van der Waals surface area contributed by atoms with Crippen molar-refractivity contribution in [1.82, 2.24) is 0 Å². The van der Waals surface area contributed by atoms with E-state index in [1.54, 1.807) is 0 Å². The largest absolute Gasteiger partial charge is 0.459 e. The van der Waals surface area contributed by atoms with Gasteiger partial charge in [-0.3, -0.25) is 0 Å². The van der Waals surface area contributed by atoms with Crippen molar-refractivity contribution in [3.05, 3.63) is 0 Å². The van der Waals surface area contributed by atoms with Gasteiger partial charge >= 0.3 is 30.4 Å². The highest BCUT2D eigenvalue weighted by atomic mass is 19.4. The van der Waals surface area contributed by atoms with E-state index in [1.165, 1.54) is 0 Å². The zero-order chi connectivity index (χ0) is 16.1. The predicted octanol–water partition coefficient (Wildman–Crippen LogP) is 4.56. The van der Waals surface area contributed by atoms with Gasteiger partial charge < -0.3 is 0 Å². The van der Waals surface area contributed by atoms with E-state index in [0.717, 1.165) is 0 Å². The van der Waals surface area contributed by atoms with Crippen LogP contribution in [0, 0.1) is 5.92 Å². The minimum atomic E-state index is -7.50. The van der Waals surface area contributed by atoms with E-state index in [-0.39, 0.29) is 0 Å². The molecule has 0 heterocycles. The van der Waals surface area contributed by atoms with Crippen molar-refractivity contribution in [3.8, 4) is 0 Å². The van der Waals surface area contributed by atoms with Crippen LogP contribution in [-0.2, 0) is 0 Å². The van der Waals surface area contributed by atoms with Crippen molar-refractivity contribution in [2.75, 3.05) is 0 Å². The summed E-state index contributed by atoms with van der Waals surface area (Å²) in [7, 11) is 0. The summed E-state index contributed by atoms with van der Waals surface area (Å²) >= 11 is 0. The maximum atomic E-state index is 12.4. The second-order valence-corrected chi connectivity index (χ2v) is 3.21. The van der Waals surface area contributed by atoms with Crippen LogP contribution in [0.5, 0.6) is 0 Å². The molecule has 0 atom stereocenters. The van der Waals surface area contributed by atoms with Crippen molar-refractivity contribution in [2.45, 2.75) is 30.4 Å². The van der Waals surface area contributed by atoms with Gasteiger partial charge in [0, 0.05) is 0 Å². The van der Waals surface area contributed by atoms with Crippen LogP contribution in [0.25, 0.3) is 0 Å². The second-order valence-electron chi connectivity index (χ2n) is 3.21. The summed E-state index contributed by atoms with van der Waals surface area (Å²) in [5, 5.41) is 0. The summed E-state index contributed by atoms with van der Waals surface area (Å²) < 4.78 is 154. The van der Waals surface area contributed by atoms with Gasteiger partial charge in [0.2, 0.25) is 5.92 Å². The third-order valence-electron chi connectivity index (χ3n) is 1.79. The molecule has 13 heteroatoms. The van der Waals surface area contributed by atoms with Gasteiger partial charge in [-0.2, -0.15) is 57.1 Å². The van der Waals surface area contributed by atoms with Crippen molar-refractivity contribution >= 4 is 0 Å². The Kier molecular flexibility index (Phi) is 4.09. The molecule has 19 heavy (non-hydrogen) atoms. The highest BCUT2D eigenvalue weighted by Gasteiger charge is 2.83. The zero-order valence-corrected chi connectivity index (χ0v) is 7.99. The van der Waals surface area contributed by atoms with Gasteiger partial charge in [0.05, 0.1) is 0 Å². The van der Waals surface area contributed by atoms with Gasteiger partial charge in [-0.25, -0.2) is 0 Å². The summed E-state index contributed by atoms with van der Waals surface area (Å²) in [6, 6.07) is 0. The third kappa shape index (κ3) is 3.16. The summed E-state index contributed by atoms with van der Waals surface area (Å²) in [5.74, 6) is -21.1. The SMILES string of the molecule is FC(F)(F)C(C(F)(F)F)C(F)(F)C(F)(F)C(F)(F)F. The van der Waals surface area contributed by atoms with Crippen LogP contribution in [0.3, 0.4) is 0 Å². The first-order valence-corrected chi connectivity index (χ1v) is 3.82. The summed E-state index contributed by atoms with van der Waals surface area (Å²) in [6.45, 7) is 0. The summed E-state index contributed by atoms with van der Waals surface area (Å²) in [6.07, 6.45) is -21.4. The van der Waals surface area contributed by atoms with Gasteiger partial charge in [0.1, 0.15) is 0 Å². The van der Waals surface area contributed by atoms with E-state index in [9.17, 15) is 57.1 Å². The smallest absolute Gasteiger partial charge is 0.198 e. The second kappa shape index (κ2) is 4.30. The molecule has 0 bridgehead atoms. The van der Waals surface area contributed by atoms with Gasteiger partial charge in [-0.05, 0) is 0 Å². The first kappa shape index (κ1) is 18.1. The van der Waals surface area contributed by atoms with Crippen LogP contribution >= 0.6 is 0 Å². The van der Waals surface area contributed by atoms with Crippen LogP contribution < -0.4 is 0 Å². The molecule has 0 spiro atoms. The minimum Gasteiger partial charge on any atom is -0.198 e. The topological polar surface area (TPSA) is 0 Å². The maximum absolute atomic E-state index is 12.4. The van der Waals surface area contributed by atoms with E-state index >= 15 is 0 Å². The lowest BCUT2D eigenvalue weighted by Gasteiger charge is -2.35. The molecule has 0 unspecified atom stereocenters. The van der Waals surface area contributed by atoms with Gasteiger partial charge in [-0.15, -0.1) is 0 Å². The van der Waals surface area contributed by atoms with Crippen LogP contribution in [0.1, 0.15) is 0 Å². The molecule has 0 N–H and O–H groups in total. The Morgan fingerprint density at radius 1 is 0.474 bits per heavy atom. The Balaban J connectivity index is 5.97. The van der Waals surface area contributed by atoms with Crippen LogP contribution in [0.2, 0.25) is 0 Å². The minimum absolute atomic E-state index is 6.15. The monoisotopic (exact) mass is 320 g/mol. The molecule has 0 rings (SSSR count). The lowest BCUT2D eigenvalue weighted by Crippen LogP contribution is -2.62. The molecule has 0 aromatic carbocycles. The molecule has 0 radical (unpaired) electrons. The molecule has 0 aliphatic carbocycles. The number of alkyl halides is 13. The highest BCUT2D eigenvalue weighted by Crippen LogP contribution is 2.57. The fraction of sp³-hybridized carbons (Fsp3) is 1.00. The molecular weight excluding hydrogens is 319 g/mol. The van der Waals surface area contributed by atoms with E-state index in [1.807, 2.05) is 0 Å². The van der Waals surface area contributed by atoms with Crippen molar-refractivity contribution < 1.29 is 57.1 Å². The molecule has 0 saturated carbocycles. The van der Waals surface area contributed by atoms with Crippen molar-refractivity contribution in [3.63, 3.8) is 0 Å². The molecule has 0 aliphatic rings. The zero-order valence-electron chi connectivity index (χ0n) is 7.99. The fourth-order valence-corrected chi connectivity index (χ4v) is 0.967. The van der Waals surface area contributed by atoms with Crippen LogP contribution in [0.4, 0.5) is 57.1 Å². The van der Waals surface area contributed by atoms with E-state index in [4.69, 9.17) is 0 Å². The quantitative estimate of drug-likeness (QED) is 0.654. The first-order valence-electron chi connectivity index (χ1n) is 3.82. The number of hydrogen-bond donors (Lipinski definition) is 0. The van der Waals surface area contributed by atoms with Crippen LogP contribution in [0.15, 0.2) is 0 Å². The average Bonchev–Trinajstić information content (AvgIpc) is 1.92. The Hall–Kier alpha value is -0.910. The molecule has 0 fully saturated rings. The Morgan fingerprint density at radius 2 is 0.737 bits per heavy atom. The Labute approximate surface area is 94.7 Å². The standard InChI is InChI=1S/C6HF13/c7-2(8,5(15,16)6(17,18)19)1(3(9,10)11)4(12,13)14/h1H. The Morgan fingerprint density at radius 3 is 0.895 bits per heavy atom. The summed E-state index contributed by atoms with van der Waals surface area (Å²) in [4.78, 5) is 0. The molecule has 0 amide bonds. The molecular formula is C6HF13. The van der Waals surface area contributed by atoms with Gasteiger partial charge in [0.15, 0.2) is 0 Å². The normalized spacial score (nSPS) is 16.1. The van der Waals surface area contributed by atoms with Crippen molar-refractivity contribution in [2.24, 2.45) is 5.92 Å². The maximum Gasteiger partial charge on any atom is 0.459 e. The third-order valence-corrected chi connectivity index (χ3v) is 1.79. The van der Waals surface area contributed by atoms with E-state index in [0.29, 0.717) is 0 Å². The molecule has 0 aromatic heterocycles. The number of hydrogen-bond acceptors (Lipinski definition) is 0. The number of halogens is 13. The number of rotatable bonds is 2. The lowest BCUT2D eigenvalue weighted by atomic mass is 9.94. The average molecular weight is 320 g/mol. The van der Waals surface area contributed by atoms with Crippen LogP contribution in [-0.4, -0.2) is 30.4 Å². The molecule has 0 aliphatic heterocycles. The fourth-order valence-electron chi connectivity index (χ4n) is 0.967. The van der Waals surface area contributed by atoms with Gasteiger partial charge in [-0.1, -0.05) is 0 Å². The predicted molar refractivity (Wildman–Crippen MR) is 31.5 cm³/mol.